The molecule has 3 aromatic heterocycles. The van der Waals surface area contributed by atoms with Crippen molar-refractivity contribution in [3.8, 4) is 0 Å². The minimum Gasteiger partial charge on any atom is -0.350 e. The second kappa shape index (κ2) is 8.39. The van der Waals surface area contributed by atoms with E-state index in [-0.39, 0.29) is 11.1 Å². The molecule has 0 fully saturated rings. The number of carbonyl (C=O) groups is 1. The molecule has 1 N–H and O–H groups in total. The van der Waals surface area contributed by atoms with E-state index in [0.29, 0.717) is 30.0 Å². The van der Waals surface area contributed by atoms with Crippen molar-refractivity contribution >= 4 is 34.1 Å². The predicted octanol–water partition coefficient (Wildman–Crippen LogP) is 3.89. The Labute approximate surface area is 187 Å². The van der Waals surface area contributed by atoms with Gasteiger partial charge in [-0.1, -0.05) is 35.9 Å². The minimum absolute atomic E-state index is 0.0539. The molecular weight excluding hydrogens is 431 g/mol. The van der Waals surface area contributed by atoms with E-state index in [1.54, 1.807) is 28.9 Å². The van der Waals surface area contributed by atoms with Gasteiger partial charge in [0.2, 0.25) is 0 Å². The third-order valence-electron chi connectivity index (χ3n) is 5.21. The average molecular weight is 449 g/mol. The Balaban J connectivity index is 1.38. The summed E-state index contributed by atoms with van der Waals surface area (Å²) in [5.74, 6) is -0.201. The van der Waals surface area contributed by atoms with Crippen molar-refractivity contribution in [2.24, 2.45) is 0 Å². The van der Waals surface area contributed by atoms with E-state index in [9.17, 15) is 9.18 Å². The monoisotopic (exact) mass is 448 g/mol. The van der Waals surface area contributed by atoms with Gasteiger partial charge in [0.1, 0.15) is 11.6 Å². The molecule has 0 aliphatic carbocycles. The van der Waals surface area contributed by atoms with Crippen LogP contribution in [0.3, 0.4) is 0 Å². The fraction of sp³-hybridized carbons (Fsp3) is 0.130. The van der Waals surface area contributed by atoms with Gasteiger partial charge in [0.15, 0.2) is 11.3 Å². The normalized spacial score (nSPS) is 11.3. The summed E-state index contributed by atoms with van der Waals surface area (Å²) in [6.07, 6.45) is 2.34. The Morgan fingerprint density at radius 2 is 1.88 bits per heavy atom. The van der Waals surface area contributed by atoms with Gasteiger partial charge in [-0.25, -0.2) is 4.39 Å². The summed E-state index contributed by atoms with van der Waals surface area (Å²) >= 11 is 5.96. The molecule has 9 heteroatoms. The molecule has 0 aliphatic rings. The van der Waals surface area contributed by atoms with Gasteiger partial charge in [-0.05, 0) is 42.0 Å². The summed E-state index contributed by atoms with van der Waals surface area (Å²) in [5.41, 5.74) is 2.28. The molecule has 2 aromatic carbocycles. The van der Waals surface area contributed by atoms with Crippen LogP contribution in [-0.2, 0) is 13.0 Å². The largest absolute Gasteiger partial charge is 0.350 e. The highest BCUT2D eigenvalue weighted by atomic mass is 35.5. The Morgan fingerprint density at radius 3 is 2.72 bits per heavy atom. The first-order chi connectivity index (χ1) is 15.6. The first-order valence-corrected chi connectivity index (χ1v) is 10.4. The molecule has 1 amide bonds. The SMILES string of the molecule is O=C(NCCc1nnc2ccccn12)c1nn(Cc2ccc(Cl)cc2)c2cccc(F)c12. The number of hydrogen-bond acceptors (Lipinski definition) is 4. The molecule has 0 bridgehead atoms. The summed E-state index contributed by atoms with van der Waals surface area (Å²) in [5, 5.41) is 16.3. The zero-order valence-electron chi connectivity index (χ0n) is 16.9. The average Bonchev–Trinajstić information content (AvgIpc) is 3.38. The lowest BCUT2D eigenvalue weighted by Crippen LogP contribution is -2.27. The molecule has 0 aliphatic heterocycles. The predicted molar refractivity (Wildman–Crippen MR) is 119 cm³/mol. The molecule has 0 atom stereocenters. The van der Waals surface area contributed by atoms with Crippen molar-refractivity contribution in [2.75, 3.05) is 6.54 Å². The van der Waals surface area contributed by atoms with Crippen LogP contribution in [-0.4, -0.2) is 36.8 Å². The highest BCUT2D eigenvalue weighted by molar-refractivity contribution is 6.30. The second-order valence-electron chi connectivity index (χ2n) is 7.32. The number of amides is 1. The first-order valence-electron chi connectivity index (χ1n) is 10.1. The van der Waals surface area contributed by atoms with E-state index < -0.39 is 11.7 Å². The van der Waals surface area contributed by atoms with Gasteiger partial charge in [0.05, 0.1) is 17.4 Å². The van der Waals surface area contributed by atoms with Crippen LogP contribution < -0.4 is 5.32 Å². The summed E-state index contributed by atoms with van der Waals surface area (Å²) in [4.78, 5) is 12.9. The molecule has 5 rings (SSSR count). The quantitative estimate of drug-likeness (QED) is 0.427. The molecule has 5 aromatic rings. The van der Waals surface area contributed by atoms with Crippen molar-refractivity contribution in [2.45, 2.75) is 13.0 Å². The van der Waals surface area contributed by atoms with Gasteiger partial charge < -0.3 is 5.32 Å². The number of halogens is 2. The van der Waals surface area contributed by atoms with Crippen LogP contribution in [0.2, 0.25) is 5.02 Å². The van der Waals surface area contributed by atoms with Gasteiger partial charge in [-0.3, -0.25) is 13.9 Å². The van der Waals surface area contributed by atoms with Gasteiger partial charge in [0.25, 0.3) is 5.91 Å². The van der Waals surface area contributed by atoms with Crippen LogP contribution in [0.4, 0.5) is 4.39 Å². The molecule has 32 heavy (non-hydrogen) atoms. The van der Waals surface area contributed by atoms with Crippen LogP contribution in [0.1, 0.15) is 21.9 Å². The van der Waals surface area contributed by atoms with E-state index in [1.807, 2.05) is 40.9 Å². The van der Waals surface area contributed by atoms with Crippen molar-refractivity contribution in [3.63, 3.8) is 0 Å². The molecule has 7 nitrogen and oxygen atoms in total. The molecular formula is C23H18ClFN6O. The van der Waals surface area contributed by atoms with Crippen molar-refractivity contribution < 1.29 is 9.18 Å². The lowest BCUT2D eigenvalue weighted by Gasteiger charge is -2.04. The maximum Gasteiger partial charge on any atom is 0.272 e. The Morgan fingerprint density at radius 1 is 1.03 bits per heavy atom. The molecule has 0 saturated heterocycles. The maximum absolute atomic E-state index is 14.7. The standard InChI is InChI=1S/C23H18ClFN6O/c24-16-9-7-15(8-10-16)14-31-18-5-3-4-17(25)21(18)22(29-31)23(32)26-12-11-20-28-27-19-6-1-2-13-30(19)20/h1-10,13H,11-12,14H2,(H,26,32). The molecule has 0 saturated carbocycles. The van der Waals surface area contributed by atoms with E-state index in [0.717, 1.165) is 17.0 Å². The lowest BCUT2D eigenvalue weighted by molar-refractivity contribution is 0.0949. The van der Waals surface area contributed by atoms with E-state index in [4.69, 9.17) is 11.6 Å². The number of carbonyl (C=O) groups excluding carboxylic acids is 1. The van der Waals surface area contributed by atoms with E-state index in [1.165, 1.54) is 6.07 Å². The highest BCUT2D eigenvalue weighted by Crippen LogP contribution is 2.23. The summed E-state index contributed by atoms with van der Waals surface area (Å²) < 4.78 is 18.2. The van der Waals surface area contributed by atoms with Gasteiger partial charge in [-0.15, -0.1) is 10.2 Å². The van der Waals surface area contributed by atoms with Gasteiger partial charge >= 0.3 is 0 Å². The van der Waals surface area contributed by atoms with Crippen molar-refractivity contribution in [1.29, 1.82) is 0 Å². The Bertz CT molecular complexity index is 1430. The number of fused-ring (bicyclic) bond motifs is 2. The number of rotatable bonds is 6. The number of pyridine rings is 1. The first kappa shape index (κ1) is 20.1. The number of nitrogens with zero attached hydrogens (tertiary/aromatic N) is 5. The molecule has 160 valence electrons. The van der Waals surface area contributed by atoms with Crippen LogP contribution in [0, 0.1) is 5.82 Å². The third-order valence-corrected chi connectivity index (χ3v) is 5.46. The molecule has 0 spiro atoms. The molecule has 3 heterocycles. The Kier molecular flexibility index (Phi) is 5.28. The van der Waals surface area contributed by atoms with Crippen molar-refractivity contribution in [3.05, 3.63) is 94.8 Å². The zero-order valence-corrected chi connectivity index (χ0v) is 17.6. The van der Waals surface area contributed by atoms with E-state index >= 15 is 0 Å². The summed E-state index contributed by atoms with van der Waals surface area (Å²) in [7, 11) is 0. The maximum atomic E-state index is 14.7. The lowest BCUT2D eigenvalue weighted by atomic mass is 10.2. The van der Waals surface area contributed by atoms with E-state index in [2.05, 4.69) is 20.6 Å². The number of nitrogens with one attached hydrogen (secondary N) is 1. The van der Waals surface area contributed by atoms with Crippen LogP contribution in [0.5, 0.6) is 0 Å². The topological polar surface area (TPSA) is 77.1 Å². The zero-order chi connectivity index (χ0) is 22.1. The number of aromatic nitrogens is 5. The smallest absolute Gasteiger partial charge is 0.272 e. The number of benzene rings is 2. The Hall–Kier alpha value is -3.78. The summed E-state index contributed by atoms with van der Waals surface area (Å²) in [6.45, 7) is 0.699. The van der Waals surface area contributed by atoms with Crippen LogP contribution in [0.25, 0.3) is 16.6 Å². The number of hydrogen-bond donors (Lipinski definition) is 1. The fourth-order valence-corrected chi connectivity index (χ4v) is 3.79. The van der Waals surface area contributed by atoms with Gasteiger partial charge in [-0.2, -0.15) is 5.10 Å². The van der Waals surface area contributed by atoms with Crippen molar-refractivity contribution in [1.82, 2.24) is 29.7 Å². The second-order valence-corrected chi connectivity index (χ2v) is 7.75. The fourth-order valence-electron chi connectivity index (χ4n) is 3.66. The van der Waals surface area contributed by atoms with Crippen LogP contribution in [0.15, 0.2) is 66.9 Å². The highest BCUT2D eigenvalue weighted by Gasteiger charge is 2.20. The minimum atomic E-state index is -0.488. The molecule has 0 unspecified atom stereocenters. The summed E-state index contributed by atoms with van der Waals surface area (Å²) in [6, 6.07) is 17.6. The third kappa shape index (κ3) is 3.80. The molecule has 0 radical (unpaired) electrons. The van der Waals surface area contributed by atoms with Crippen LogP contribution >= 0.6 is 11.6 Å². The van der Waals surface area contributed by atoms with Gasteiger partial charge in [0, 0.05) is 24.2 Å².